The van der Waals surface area contributed by atoms with Gasteiger partial charge in [0.25, 0.3) is 0 Å². The van der Waals surface area contributed by atoms with Crippen molar-refractivity contribution in [2.45, 2.75) is 19.8 Å². The quantitative estimate of drug-likeness (QED) is 0.313. The molecule has 0 spiro atoms. The first-order chi connectivity index (χ1) is 4.31. The van der Waals surface area contributed by atoms with E-state index in [0.717, 1.165) is 0 Å². The number of hydrogen-bond acceptors (Lipinski definition) is 2. The zero-order valence-corrected chi connectivity index (χ0v) is 5.31. The van der Waals surface area contributed by atoms with Gasteiger partial charge in [0.1, 0.15) is 6.29 Å². The van der Waals surface area contributed by atoms with E-state index in [1.807, 2.05) is 0 Å². The molecule has 0 heterocycles. The number of Topliss-reactive ketones (excluding diaryl/α,β-unsaturated/α-hetero) is 1. The lowest BCUT2D eigenvalue weighted by Crippen LogP contribution is -1.95. The first-order valence-corrected chi connectivity index (χ1v) is 2.66. The number of aldehydes is 1. The molecule has 0 aromatic heterocycles. The number of ketones is 1. The van der Waals surface area contributed by atoms with Crippen molar-refractivity contribution < 1.29 is 9.59 Å². The molecule has 0 fully saturated rings. The third kappa shape index (κ3) is 4.76. The highest BCUT2D eigenvalue weighted by Gasteiger charge is 1.94. The number of carbonyl (C=O) groups is 2. The Bertz CT molecular complexity index is 159. The van der Waals surface area contributed by atoms with Crippen molar-refractivity contribution in [3.63, 3.8) is 0 Å². The molecule has 0 rings (SSSR count). The largest absolute Gasteiger partial charge is 0.303 e. The lowest BCUT2D eigenvalue weighted by Gasteiger charge is -1.81. The molecular formula is C7H8O2. The van der Waals surface area contributed by atoms with Crippen LogP contribution in [0.15, 0.2) is 0 Å². The number of hydrogen-bond donors (Lipinski definition) is 0. The molecule has 0 saturated heterocycles. The third-order valence-electron chi connectivity index (χ3n) is 0.773. The van der Waals surface area contributed by atoms with Crippen LogP contribution >= 0.6 is 0 Å². The minimum Gasteiger partial charge on any atom is -0.303 e. The van der Waals surface area contributed by atoms with Crippen LogP contribution < -0.4 is 0 Å². The Labute approximate surface area is 54.3 Å². The van der Waals surface area contributed by atoms with Crippen molar-refractivity contribution in [1.29, 1.82) is 0 Å². The normalized spacial score (nSPS) is 7.22. The Morgan fingerprint density at radius 2 is 2.33 bits per heavy atom. The fourth-order valence-corrected chi connectivity index (χ4v) is 0.352. The van der Waals surface area contributed by atoms with Crippen LogP contribution in [-0.2, 0) is 9.59 Å². The maximum Gasteiger partial charge on any atom is 0.151 e. The summed E-state index contributed by atoms with van der Waals surface area (Å²) in [6.45, 7) is 1.66. The Morgan fingerprint density at radius 1 is 1.67 bits per heavy atom. The van der Waals surface area contributed by atoms with Gasteiger partial charge in [0.15, 0.2) is 5.78 Å². The standard InChI is InChI=1S/C7H8O2/c1-2-3-4-7(9)5-6-8/h6H,4-5H2,1H3. The second-order valence-corrected chi connectivity index (χ2v) is 1.51. The molecule has 0 aliphatic heterocycles. The molecular weight excluding hydrogens is 116 g/mol. The van der Waals surface area contributed by atoms with Crippen LogP contribution in [0, 0.1) is 11.8 Å². The molecule has 0 unspecified atom stereocenters. The lowest BCUT2D eigenvalue weighted by molar-refractivity contribution is -0.121. The minimum atomic E-state index is -0.112. The molecule has 0 aromatic rings. The van der Waals surface area contributed by atoms with Crippen LogP contribution in [0.4, 0.5) is 0 Å². The summed E-state index contributed by atoms with van der Waals surface area (Å²) in [6, 6.07) is 0. The van der Waals surface area contributed by atoms with Gasteiger partial charge in [-0.15, -0.1) is 5.92 Å². The summed E-state index contributed by atoms with van der Waals surface area (Å²) in [5.74, 6) is 5.03. The van der Waals surface area contributed by atoms with E-state index in [9.17, 15) is 9.59 Å². The summed E-state index contributed by atoms with van der Waals surface area (Å²) in [5.41, 5.74) is 0. The fourth-order valence-electron chi connectivity index (χ4n) is 0.352. The summed E-state index contributed by atoms with van der Waals surface area (Å²) in [7, 11) is 0. The molecule has 9 heavy (non-hydrogen) atoms. The van der Waals surface area contributed by atoms with Crippen molar-refractivity contribution in [1.82, 2.24) is 0 Å². The van der Waals surface area contributed by atoms with E-state index >= 15 is 0 Å². The fraction of sp³-hybridized carbons (Fsp3) is 0.429. The predicted octanol–water partition coefficient (Wildman–Crippen LogP) is 0.558. The zero-order chi connectivity index (χ0) is 7.11. The molecule has 0 amide bonds. The van der Waals surface area contributed by atoms with Crippen molar-refractivity contribution in [3.05, 3.63) is 0 Å². The average Bonchev–Trinajstić information content (AvgIpc) is 1.85. The number of carbonyl (C=O) groups excluding carboxylic acids is 2. The summed E-state index contributed by atoms with van der Waals surface area (Å²) in [5, 5.41) is 0. The van der Waals surface area contributed by atoms with E-state index in [1.165, 1.54) is 0 Å². The molecule has 0 N–H and O–H groups in total. The van der Waals surface area contributed by atoms with E-state index in [1.54, 1.807) is 6.92 Å². The van der Waals surface area contributed by atoms with Crippen LogP contribution in [0.3, 0.4) is 0 Å². The second kappa shape index (κ2) is 5.04. The first kappa shape index (κ1) is 7.90. The van der Waals surface area contributed by atoms with E-state index in [-0.39, 0.29) is 18.6 Å². The van der Waals surface area contributed by atoms with Gasteiger partial charge in [0.05, 0.1) is 12.8 Å². The summed E-state index contributed by atoms with van der Waals surface area (Å²) in [4.78, 5) is 20.2. The van der Waals surface area contributed by atoms with E-state index in [0.29, 0.717) is 6.29 Å². The van der Waals surface area contributed by atoms with Crippen molar-refractivity contribution in [2.75, 3.05) is 0 Å². The van der Waals surface area contributed by atoms with Crippen LogP contribution in [-0.4, -0.2) is 12.1 Å². The highest BCUT2D eigenvalue weighted by atomic mass is 16.1. The molecule has 0 bridgehead atoms. The predicted molar refractivity (Wildman–Crippen MR) is 33.8 cm³/mol. The van der Waals surface area contributed by atoms with E-state index in [2.05, 4.69) is 11.8 Å². The van der Waals surface area contributed by atoms with E-state index < -0.39 is 0 Å². The lowest BCUT2D eigenvalue weighted by atomic mass is 10.2. The summed E-state index contributed by atoms with van der Waals surface area (Å²) < 4.78 is 0. The van der Waals surface area contributed by atoms with Gasteiger partial charge < -0.3 is 4.79 Å². The van der Waals surface area contributed by atoms with Gasteiger partial charge in [-0.05, 0) is 6.92 Å². The van der Waals surface area contributed by atoms with Crippen LogP contribution in [0.5, 0.6) is 0 Å². The monoisotopic (exact) mass is 124 g/mol. The summed E-state index contributed by atoms with van der Waals surface area (Å²) in [6.07, 6.45) is 0.795. The average molecular weight is 124 g/mol. The van der Waals surface area contributed by atoms with Crippen LogP contribution in [0.25, 0.3) is 0 Å². The van der Waals surface area contributed by atoms with Crippen LogP contribution in [0.2, 0.25) is 0 Å². The van der Waals surface area contributed by atoms with Gasteiger partial charge in [0, 0.05) is 0 Å². The van der Waals surface area contributed by atoms with Gasteiger partial charge in [-0.3, -0.25) is 4.79 Å². The number of rotatable bonds is 3. The summed E-state index contributed by atoms with van der Waals surface area (Å²) >= 11 is 0. The zero-order valence-electron chi connectivity index (χ0n) is 5.31. The Balaban J connectivity index is 3.46. The molecule has 48 valence electrons. The smallest absolute Gasteiger partial charge is 0.151 e. The molecule has 0 aliphatic carbocycles. The van der Waals surface area contributed by atoms with Crippen molar-refractivity contribution in [3.8, 4) is 11.8 Å². The Hall–Kier alpha value is -1.10. The Kier molecular flexibility index (Phi) is 4.43. The minimum absolute atomic E-state index is 0.00528. The van der Waals surface area contributed by atoms with Gasteiger partial charge >= 0.3 is 0 Å². The molecule has 2 heteroatoms. The Morgan fingerprint density at radius 3 is 2.78 bits per heavy atom. The van der Waals surface area contributed by atoms with Crippen molar-refractivity contribution >= 4 is 12.1 Å². The molecule has 0 atom stereocenters. The van der Waals surface area contributed by atoms with E-state index in [4.69, 9.17) is 0 Å². The maximum atomic E-state index is 10.5. The van der Waals surface area contributed by atoms with Gasteiger partial charge in [-0.25, -0.2) is 0 Å². The van der Waals surface area contributed by atoms with Crippen molar-refractivity contribution in [2.24, 2.45) is 0 Å². The topological polar surface area (TPSA) is 34.1 Å². The third-order valence-corrected chi connectivity index (χ3v) is 0.773. The molecule has 2 nitrogen and oxygen atoms in total. The highest BCUT2D eigenvalue weighted by Crippen LogP contribution is 1.83. The van der Waals surface area contributed by atoms with Gasteiger partial charge in [-0.1, -0.05) is 5.92 Å². The first-order valence-electron chi connectivity index (χ1n) is 2.66. The maximum absolute atomic E-state index is 10.5. The molecule has 0 saturated carbocycles. The highest BCUT2D eigenvalue weighted by molar-refractivity contribution is 5.91. The van der Waals surface area contributed by atoms with Gasteiger partial charge in [0.2, 0.25) is 0 Å². The SMILES string of the molecule is CC#CCC(=O)CC=O. The molecule has 0 aromatic carbocycles. The van der Waals surface area contributed by atoms with Crippen LogP contribution in [0.1, 0.15) is 19.8 Å². The molecule has 0 radical (unpaired) electrons. The second-order valence-electron chi connectivity index (χ2n) is 1.51. The van der Waals surface area contributed by atoms with Gasteiger partial charge in [-0.2, -0.15) is 0 Å². The molecule has 0 aliphatic rings.